The molecule has 0 bridgehead atoms. The van der Waals surface area contributed by atoms with Gasteiger partial charge in [0.05, 0.1) is 5.69 Å². The van der Waals surface area contributed by atoms with E-state index in [2.05, 4.69) is 31.2 Å². The van der Waals surface area contributed by atoms with Crippen LogP contribution in [0.5, 0.6) is 0 Å². The number of piperazine rings is 1. The molecule has 1 aromatic heterocycles. The molecule has 2 unspecified atom stereocenters. The lowest BCUT2D eigenvalue weighted by Crippen LogP contribution is -2.58. The molecular weight excluding hydrogens is 252 g/mol. The Balaban J connectivity index is 2.21. The minimum absolute atomic E-state index is 0.117. The van der Waals surface area contributed by atoms with Crippen molar-refractivity contribution in [3.8, 4) is 0 Å². The van der Waals surface area contributed by atoms with Gasteiger partial charge in [-0.05, 0) is 25.3 Å². The van der Waals surface area contributed by atoms with Crippen LogP contribution in [0.3, 0.4) is 0 Å². The molecule has 112 valence electrons. The molecule has 0 saturated carbocycles. The summed E-state index contributed by atoms with van der Waals surface area (Å²) in [7, 11) is 1.85. The minimum Gasteiger partial charge on any atom is -0.332 e. The average Bonchev–Trinajstić information content (AvgIpc) is 2.86. The Morgan fingerprint density at radius 1 is 1.40 bits per heavy atom. The number of hydrogen-bond acceptors (Lipinski definition) is 3. The fourth-order valence-electron chi connectivity index (χ4n) is 2.80. The van der Waals surface area contributed by atoms with Crippen LogP contribution in [0.25, 0.3) is 0 Å². The number of aryl methyl sites for hydroxylation is 2. The molecule has 2 heterocycles. The van der Waals surface area contributed by atoms with Gasteiger partial charge in [0.15, 0.2) is 0 Å². The van der Waals surface area contributed by atoms with E-state index in [1.165, 1.54) is 0 Å². The van der Waals surface area contributed by atoms with Gasteiger partial charge >= 0.3 is 0 Å². The number of carbonyl (C=O) groups excluding carboxylic acids is 1. The highest BCUT2D eigenvalue weighted by atomic mass is 16.2. The maximum atomic E-state index is 12.8. The van der Waals surface area contributed by atoms with Gasteiger partial charge in [0.25, 0.3) is 5.91 Å². The quantitative estimate of drug-likeness (QED) is 0.910. The number of aromatic nitrogens is 2. The van der Waals surface area contributed by atoms with E-state index < -0.39 is 0 Å². The van der Waals surface area contributed by atoms with Crippen molar-refractivity contribution in [1.82, 2.24) is 20.0 Å². The third-order valence-electron chi connectivity index (χ3n) is 4.24. The topological polar surface area (TPSA) is 50.2 Å². The summed E-state index contributed by atoms with van der Waals surface area (Å²) in [6, 6.07) is 2.61. The summed E-state index contributed by atoms with van der Waals surface area (Å²) in [5, 5.41) is 7.91. The van der Waals surface area contributed by atoms with E-state index in [4.69, 9.17) is 0 Å². The fraction of sp³-hybridized carbons (Fsp3) is 0.733. The highest BCUT2D eigenvalue weighted by Crippen LogP contribution is 2.16. The standard InChI is InChI=1S/C15H26N4O/c1-5-11-8-14(18(4)17-11)15(20)19-10-12(6-2)16-9-13(19)7-3/h8,12-13,16H,5-7,9-10H2,1-4H3. The monoisotopic (exact) mass is 278 g/mol. The highest BCUT2D eigenvalue weighted by molar-refractivity contribution is 5.93. The fourth-order valence-corrected chi connectivity index (χ4v) is 2.80. The van der Waals surface area contributed by atoms with E-state index >= 15 is 0 Å². The number of carbonyl (C=O) groups is 1. The molecule has 2 rings (SSSR count). The van der Waals surface area contributed by atoms with E-state index in [9.17, 15) is 4.79 Å². The molecule has 2 atom stereocenters. The zero-order chi connectivity index (χ0) is 14.7. The normalized spacial score (nSPS) is 23.1. The van der Waals surface area contributed by atoms with Gasteiger partial charge in [0, 0.05) is 32.2 Å². The predicted molar refractivity (Wildman–Crippen MR) is 79.8 cm³/mol. The molecule has 0 radical (unpaired) electrons. The zero-order valence-corrected chi connectivity index (χ0v) is 13.0. The maximum absolute atomic E-state index is 12.8. The smallest absolute Gasteiger partial charge is 0.272 e. The second-order valence-electron chi connectivity index (χ2n) is 5.53. The van der Waals surface area contributed by atoms with Crippen LogP contribution in [-0.4, -0.2) is 45.8 Å². The lowest BCUT2D eigenvalue weighted by atomic mass is 10.0. The number of amides is 1. The zero-order valence-electron chi connectivity index (χ0n) is 13.0. The van der Waals surface area contributed by atoms with E-state index in [-0.39, 0.29) is 11.9 Å². The van der Waals surface area contributed by atoms with Crippen molar-refractivity contribution < 1.29 is 4.79 Å². The predicted octanol–water partition coefficient (Wildman–Crippen LogP) is 1.59. The number of rotatable bonds is 4. The van der Waals surface area contributed by atoms with Gasteiger partial charge in [-0.25, -0.2) is 0 Å². The Kier molecular flexibility index (Phi) is 4.81. The molecule has 20 heavy (non-hydrogen) atoms. The summed E-state index contributed by atoms with van der Waals surface area (Å²) in [5.41, 5.74) is 1.68. The third-order valence-corrected chi connectivity index (χ3v) is 4.24. The lowest BCUT2D eigenvalue weighted by molar-refractivity contribution is 0.0564. The van der Waals surface area contributed by atoms with Crippen LogP contribution in [0.4, 0.5) is 0 Å². The summed E-state index contributed by atoms with van der Waals surface area (Å²) >= 11 is 0. The van der Waals surface area contributed by atoms with E-state index in [0.717, 1.165) is 38.0 Å². The number of nitrogens with one attached hydrogen (secondary N) is 1. The Morgan fingerprint density at radius 2 is 2.15 bits per heavy atom. The number of hydrogen-bond donors (Lipinski definition) is 1. The molecule has 0 spiro atoms. The Morgan fingerprint density at radius 3 is 2.70 bits per heavy atom. The first kappa shape index (κ1) is 15.0. The molecule has 1 saturated heterocycles. The molecule has 1 aliphatic rings. The number of nitrogens with zero attached hydrogens (tertiary/aromatic N) is 3. The summed E-state index contributed by atoms with van der Waals surface area (Å²) in [4.78, 5) is 14.8. The summed E-state index contributed by atoms with van der Waals surface area (Å²) in [6.07, 6.45) is 2.89. The van der Waals surface area contributed by atoms with Crippen LogP contribution >= 0.6 is 0 Å². The second-order valence-corrected chi connectivity index (χ2v) is 5.53. The van der Waals surface area contributed by atoms with Crippen LogP contribution in [0, 0.1) is 0 Å². The average molecular weight is 278 g/mol. The first-order valence-corrected chi connectivity index (χ1v) is 7.67. The first-order valence-electron chi connectivity index (χ1n) is 7.67. The van der Waals surface area contributed by atoms with Gasteiger partial charge in [-0.1, -0.05) is 20.8 Å². The summed E-state index contributed by atoms with van der Waals surface area (Å²) in [6.45, 7) is 8.04. The maximum Gasteiger partial charge on any atom is 0.272 e. The molecule has 1 aromatic rings. The van der Waals surface area contributed by atoms with Gasteiger partial charge in [-0.3, -0.25) is 9.48 Å². The lowest BCUT2D eigenvalue weighted by Gasteiger charge is -2.39. The largest absolute Gasteiger partial charge is 0.332 e. The first-order chi connectivity index (χ1) is 9.60. The third kappa shape index (κ3) is 2.87. The van der Waals surface area contributed by atoms with Gasteiger partial charge in [0.2, 0.25) is 0 Å². The highest BCUT2D eigenvalue weighted by Gasteiger charge is 2.31. The summed E-state index contributed by atoms with van der Waals surface area (Å²) < 4.78 is 1.72. The van der Waals surface area contributed by atoms with Crippen molar-refractivity contribution in [3.63, 3.8) is 0 Å². The van der Waals surface area contributed by atoms with E-state index in [0.29, 0.717) is 11.7 Å². The van der Waals surface area contributed by atoms with Crippen molar-refractivity contribution in [2.45, 2.75) is 52.1 Å². The molecular formula is C15H26N4O. The van der Waals surface area contributed by atoms with Crippen molar-refractivity contribution in [1.29, 1.82) is 0 Å². The Labute approximate surface area is 121 Å². The van der Waals surface area contributed by atoms with Crippen LogP contribution < -0.4 is 5.32 Å². The Hall–Kier alpha value is -1.36. The van der Waals surface area contributed by atoms with Crippen LogP contribution in [-0.2, 0) is 13.5 Å². The summed E-state index contributed by atoms with van der Waals surface area (Å²) in [5.74, 6) is 0.117. The van der Waals surface area contributed by atoms with Gasteiger partial charge in [-0.15, -0.1) is 0 Å². The molecule has 1 amide bonds. The van der Waals surface area contributed by atoms with Crippen LogP contribution in [0.2, 0.25) is 0 Å². The van der Waals surface area contributed by atoms with Crippen LogP contribution in [0.1, 0.15) is 49.8 Å². The van der Waals surface area contributed by atoms with E-state index in [1.807, 2.05) is 18.0 Å². The molecule has 0 aliphatic carbocycles. The SMILES string of the molecule is CCc1cc(C(=O)N2CC(CC)NCC2CC)n(C)n1. The Bertz CT molecular complexity index is 468. The molecule has 0 aromatic carbocycles. The van der Waals surface area contributed by atoms with Crippen LogP contribution in [0.15, 0.2) is 6.07 Å². The molecule has 1 N–H and O–H groups in total. The van der Waals surface area contributed by atoms with Gasteiger partial charge in [-0.2, -0.15) is 5.10 Å². The van der Waals surface area contributed by atoms with E-state index in [1.54, 1.807) is 4.68 Å². The molecule has 1 fully saturated rings. The minimum atomic E-state index is 0.117. The van der Waals surface area contributed by atoms with Crippen molar-refractivity contribution >= 4 is 5.91 Å². The van der Waals surface area contributed by atoms with Crippen molar-refractivity contribution in [2.24, 2.45) is 7.05 Å². The van der Waals surface area contributed by atoms with Crippen molar-refractivity contribution in [3.05, 3.63) is 17.5 Å². The van der Waals surface area contributed by atoms with Gasteiger partial charge < -0.3 is 10.2 Å². The molecule has 5 heteroatoms. The molecule has 5 nitrogen and oxygen atoms in total. The molecule has 1 aliphatic heterocycles. The van der Waals surface area contributed by atoms with Crippen molar-refractivity contribution in [2.75, 3.05) is 13.1 Å². The second kappa shape index (κ2) is 6.39. The van der Waals surface area contributed by atoms with Gasteiger partial charge in [0.1, 0.15) is 5.69 Å².